The van der Waals surface area contributed by atoms with Crippen LogP contribution in [0, 0.1) is 11.3 Å². The first-order valence-electron chi connectivity index (χ1n) is 5.28. The van der Waals surface area contributed by atoms with Crippen molar-refractivity contribution in [2.75, 3.05) is 7.11 Å². The summed E-state index contributed by atoms with van der Waals surface area (Å²) < 4.78 is 4.58. The van der Waals surface area contributed by atoms with Crippen molar-refractivity contribution in [2.45, 2.75) is 46.1 Å². The molecule has 0 spiro atoms. The van der Waals surface area contributed by atoms with Crippen molar-refractivity contribution in [3.63, 3.8) is 0 Å². The maximum absolute atomic E-state index is 11.0. The molecule has 14 heavy (non-hydrogen) atoms. The van der Waals surface area contributed by atoms with Crippen molar-refractivity contribution < 1.29 is 9.53 Å². The molecule has 1 N–H and O–H groups in total. The van der Waals surface area contributed by atoms with Crippen molar-refractivity contribution in [1.82, 2.24) is 5.32 Å². The Kier molecular flexibility index (Phi) is 3.40. The zero-order valence-corrected chi connectivity index (χ0v) is 9.59. The lowest BCUT2D eigenvalue weighted by molar-refractivity contribution is 0.165. The second kappa shape index (κ2) is 4.20. The molecule has 0 radical (unpaired) electrons. The molecule has 1 fully saturated rings. The van der Waals surface area contributed by atoms with E-state index in [0.717, 1.165) is 12.8 Å². The van der Waals surface area contributed by atoms with Crippen LogP contribution in [0.3, 0.4) is 0 Å². The third-order valence-electron chi connectivity index (χ3n) is 3.16. The lowest BCUT2D eigenvalue weighted by atomic mass is 9.80. The second-order valence-electron chi connectivity index (χ2n) is 5.21. The van der Waals surface area contributed by atoms with E-state index in [9.17, 15) is 4.79 Å². The first-order valence-corrected chi connectivity index (χ1v) is 5.28. The summed E-state index contributed by atoms with van der Waals surface area (Å²) in [6, 6.07) is 0.312. The molecule has 0 aliphatic heterocycles. The van der Waals surface area contributed by atoms with Gasteiger partial charge in [0.15, 0.2) is 0 Å². The van der Waals surface area contributed by atoms with E-state index in [-0.39, 0.29) is 6.09 Å². The Balaban J connectivity index is 2.38. The highest BCUT2D eigenvalue weighted by atomic mass is 16.5. The van der Waals surface area contributed by atoms with Crippen molar-refractivity contribution in [3.05, 3.63) is 0 Å². The normalized spacial score (nSPS) is 27.4. The van der Waals surface area contributed by atoms with E-state index >= 15 is 0 Å². The molecule has 0 saturated heterocycles. The van der Waals surface area contributed by atoms with Crippen LogP contribution in [0.25, 0.3) is 0 Å². The van der Waals surface area contributed by atoms with E-state index in [1.807, 2.05) is 0 Å². The summed E-state index contributed by atoms with van der Waals surface area (Å²) in [5, 5.41) is 2.87. The smallest absolute Gasteiger partial charge is 0.407 e. The summed E-state index contributed by atoms with van der Waals surface area (Å²) in [5.41, 5.74) is 0.354. The van der Waals surface area contributed by atoms with Crippen molar-refractivity contribution in [2.24, 2.45) is 11.3 Å². The van der Waals surface area contributed by atoms with Gasteiger partial charge in [-0.3, -0.25) is 0 Å². The molecule has 2 unspecified atom stereocenters. The number of alkyl carbamates (subject to hydrolysis) is 1. The van der Waals surface area contributed by atoms with E-state index < -0.39 is 0 Å². The Bertz CT molecular complexity index is 208. The molecule has 3 nitrogen and oxygen atoms in total. The molecule has 82 valence electrons. The van der Waals surface area contributed by atoms with Gasteiger partial charge in [-0.15, -0.1) is 0 Å². The summed E-state index contributed by atoms with van der Waals surface area (Å²) in [4.78, 5) is 11.0. The fourth-order valence-corrected chi connectivity index (χ4v) is 2.12. The molecular weight excluding hydrogens is 178 g/mol. The molecule has 1 saturated carbocycles. The first kappa shape index (κ1) is 11.3. The van der Waals surface area contributed by atoms with Crippen LogP contribution in [0.1, 0.15) is 40.0 Å². The minimum atomic E-state index is -0.301. The number of ether oxygens (including phenoxy) is 1. The molecule has 2 atom stereocenters. The summed E-state index contributed by atoms with van der Waals surface area (Å²) in [6.45, 7) is 6.79. The van der Waals surface area contributed by atoms with Gasteiger partial charge in [-0.25, -0.2) is 4.79 Å². The fourth-order valence-electron chi connectivity index (χ4n) is 2.12. The van der Waals surface area contributed by atoms with E-state index in [1.165, 1.54) is 13.5 Å². The quantitative estimate of drug-likeness (QED) is 0.704. The topological polar surface area (TPSA) is 38.3 Å². The first-order chi connectivity index (χ1) is 6.43. The minimum Gasteiger partial charge on any atom is -0.453 e. The van der Waals surface area contributed by atoms with Crippen LogP contribution in [-0.2, 0) is 4.74 Å². The van der Waals surface area contributed by atoms with Gasteiger partial charge in [-0.1, -0.05) is 20.8 Å². The molecule has 0 aromatic rings. The highest BCUT2D eigenvalue weighted by molar-refractivity contribution is 5.67. The summed E-state index contributed by atoms with van der Waals surface area (Å²) in [5.74, 6) is 0.713. The molecule has 1 amide bonds. The van der Waals surface area contributed by atoms with Crippen molar-refractivity contribution in [3.8, 4) is 0 Å². The molecule has 3 heteroatoms. The Morgan fingerprint density at radius 3 is 2.43 bits per heavy atom. The van der Waals surface area contributed by atoms with Crippen LogP contribution in [0.5, 0.6) is 0 Å². The van der Waals surface area contributed by atoms with Crippen LogP contribution in [0.4, 0.5) is 4.79 Å². The number of methoxy groups -OCH3 is 1. The van der Waals surface area contributed by atoms with E-state index in [0.29, 0.717) is 17.4 Å². The van der Waals surface area contributed by atoms with Gasteiger partial charge >= 0.3 is 6.09 Å². The van der Waals surface area contributed by atoms with Gasteiger partial charge in [0.25, 0.3) is 0 Å². The van der Waals surface area contributed by atoms with Crippen LogP contribution < -0.4 is 5.32 Å². The maximum Gasteiger partial charge on any atom is 0.407 e. The van der Waals surface area contributed by atoms with Gasteiger partial charge in [0.2, 0.25) is 0 Å². The highest BCUT2D eigenvalue weighted by Gasteiger charge is 2.33. The molecule has 1 rings (SSSR count). The maximum atomic E-state index is 11.0. The van der Waals surface area contributed by atoms with E-state index in [2.05, 4.69) is 30.8 Å². The third-order valence-corrected chi connectivity index (χ3v) is 3.16. The van der Waals surface area contributed by atoms with Crippen molar-refractivity contribution in [1.29, 1.82) is 0 Å². The fraction of sp³-hybridized carbons (Fsp3) is 0.909. The number of carbonyl (C=O) groups is 1. The number of amides is 1. The van der Waals surface area contributed by atoms with E-state index in [4.69, 9.17) is 0 Å². The van der Waals surface area contributed by atoms with Gasteiger partial charge in [-0.2, -0.15) is 0 Å². The Hall–Kier alpha value is -0.730. The SMILES string of the molecule is COC(=O)NC1CCC(C(C)(C)C)C1. The van der Waals surface area contributed by atoms with Gasteiger partial charge in [-0.05, 0) is 30.6 Å². The molecule has 1 aliphatic rings. The summed E-state index contributed by atoms with van der Waals surface area (Å²) in [6.07, 6.45) is 3.07. The molecule has 0 aromatic carbocycles. The van der Waals surface area contributed by atoms with Gasteiger partial charge in [0.1, 0.15) is 0 Å². The van der Waals surface area contributed by atoms with Crippen LogP contribution >= 0.6 is 0 Å². The predicted octanol–water partition coefficient (Wildman–Crippen LogP) is 2.56. The van der Waals surface area contributed by atoms with Gasteiger partial charge in [0.05, 0.1) is 7.11 Å². The zero-order chi connectivity index (χ0) is 10.8. The lowest BCUT2D eigenvalue weighted by Gasteiger charge is -2.26. The largest absolute Gasteiger partial charge is 0.453 e. The van der Waals surface area contributed by atoms with Crippen LogP contribution in [0.15, 0.2) is 0 Å². The Morgan fingerprint density at radius 2 is 2.00 bits per heavy atom. The zero-order valence-electron chi connectivity index (χ0n) is 9.59. The summed E-state index contributed by atoms with van der Waals surface area (Å²) >= 11 is 0. The molecule has 0 bridgehead atoms. The Labute approximate surface area is 86.2 Å². The van der Waals surface area contributed by atoms with Gasteiger partial charge < -0.3 is 10.1 Å². The highest BCUT2D eigenvalue weighted by Crippen LogP contribution is 2.39. The number of nitrogens with one attached hydrogen (secondary N) is 1. The standard InChI is InChI=1S/C11H21NO2/c1-11(2,3)8-5-6-9(7-8)12-10(13)14-4/h8-9H,5-7H2,1-4H3,(H,12,13). The number of hydrogen-bond donors (Lipinski definition) is 1. The van der Waals surface area contributed by atoms with E-state index in [1.54, 1.807) is 0 Å². The average Bonchev–Trinajstić information content (AvgIpc) is 2.51. The minimum absolute atomic E-state index is 0.301. The molecule has 1 aliphatic carbocycles. The third kappa shape index (κ3) is 2.89. The monoisotopic (exact) mass is 199 g/mol. The number of rotatable bonds is 1. The molecule has 0 heterocycles. The average molecular weight is 199 g/mol. The molecule has 0 aromatic heterocycles. The summed E-state index contributed by atoms with van der Waals surface area (Å²) in [7, 11) is 1.41. The molecular formula is C11H21NO2. The predicted molar refractivity (Wildman–Crippen MR) is 56.1 cm³/mol. The van der Waals surface area contributed by atoms with Crippen molar-refractivity contribution >= 4 is 6.09 Å². The second-order valence-corrected chi connectivity index (χ2v) is 5.21. The van der Waals surface area contributed by atoms with Crippen LogP contribution in [0.2, 0.25) is 0 Å². The number of hydrogen-bond acceptors (Lipinski definition) is 2. The van der Waals surface area contributed by atoms with Gasteiger partial charge in [0, 0.05) is 6.04 Å². The lowest BCUT2D eigenvalue weighted by Crippen LogP contribution is -2.33. The number of carbonyl (C=O) groups excluding carboxylic acids is 1. The Morgan fingerprint density at radius 1 is 1.36 bits per heavy atom. The van der Waals surface area contributed by atoms with Crippen LogP contribution in [-0.4, -0.2) is 19.2 Å².